The van der Waals surface area contributed by atoms with E-state index in [2.05, 4.69) is 42.0 Å². The highest BCUT2D eigenvalue weighted by Crippen LogP contribution is 2.29. The van der Waals surface area contributed by atoms with Gasteiger partial charge in [-0.15, -0.1) is 0 Å². The number of carbonyl (C=O) groups is 1. The average molecular weight is 478 g/mol. The fourth-order valence-electron chi connectivity index (χ4n) is 2.72. The Morgan fingerprint density at radius 3 is 2.43 bits per heavy atom. The van der Waals surface area contributed by atoms with Gasteiger partial charge in [0.15, 0.2) is 11.5 Å². The van der Waals surface area contributed by atoms with Crippen LogP contribution in [0.4, 0.5) is 0 Å². The third kappa shape index (κ3) is 7.56. The zero-order valence-corrected chi connectivity index (χ0v) is 19.9. The van der Waals surface area contributed by atoms with Crippen molar-refractivity contribution in [2.45, 2.75) is 46.6 Å². The molecule has 0 aliphatic heterocycles. The van der Waals surface area contributed by atoms with Crippen LogP contribution in [0.5, 0.6) is 17.2 Å². The second-order valence-electron chi connectivity index (χ2n) is 7.55. The minimum Gasteiger partial charge on any atom is -0.493 e. The lowest BCUT2D eigenvalue weighted by atomic mass is 10.1. The van der Waals surface area contributed by atoms with Gasteiger partial charge in [-0.05, 0) is 70.6 Å². The Labute approximate surface area is 188 Å². The number of rotatable bonds is 12. The predicted octanol–water partition coefficient (Wildman–Crippen LogP) is 5.99. The zero-order chi connectivity index (χ0) is 21.9. The van der Waals surface area contributed by atoms with Crippen molar-refractivity contribution in [1.82, 2.24) is 5.32 Å². The van der Waals surface area contributed by atoms with Gasteiger partial charge in [-0.1, -0.05) is 33.3 Å². The van der Waals surface area contributed by atoms with E-state index in [9.17, 15) is 4.79 Å². The first-order chi connectivity index (χ1) is 14.4. The van der Waals surface area contributed by atoms with E-state index in [1.807, 2.05) is 24.3 Å². The molecule has 164 valence electrons. The number of halogens is 1. The lowest BCUT2D eigenvalue weighted by molar-refractivity contribution is 0.0950. The molecule has 30 heavy (non-hydrogen) atoms. The number of amides is 1. The topological polar surface area (TPSA) is 56.8 Å². The summed E-state index contributed by atoms with van der Waals surface area (Å²) in [6, 6.07) is 11.1. The molecule has 0 spiro atoms. The van der Waals surface area contributed by atoms with Crippen LogP contribution in [-0.2, 0) is 6.54 Å². The van der Waals surface area contributed by atoms with Crippen LogP contribution in [0.25, 0.3) is 0 Å². The molecule has 1 amide bonds. The molecule has 0 heterocycles. The number of carbonyl (C=O) groups excluding carboxylic acids is 1. The number of unbranched alkanes of at least 4 members (excludes halogenated alkanes) is 1. The third-order valence-corrected chi connectivity index (χ3v) is 5.20. The van der Waals surface area contributed by atoms with E-state index < -0.39 is 0 Å². The molecular weight excluding hydrogens is 446 g/mol. The maximum Gasteiger partial charge on any atom is 0.251 e. The first-order valence-corrected chi connectivity index (χ1v) is 11.2. The monoisotopic (exact) mass is 477 g/mol. The van der Waals surface area contributed by atoms with Gasteiger partial charge in [0.1, 0.15) is 5.75 Å². The Kier molecular flexibility index (Phi) is 10.0. The number of benzene rings is 2. The van der Waals surface area contributed by atoms with Crippen molar-refractivity contribution in [2.75, 3.05) is 20.3 Å². The minimum atomic E-state index is -0.146. The van der Waals surface area contributed by atoms with Crippen LogP contribution in [0, 0.1) is 5.92 Å². The third-order valence-electron chi connectivity index (χ3n) is 4.58. The summed E-state index contributed by atoms with van der Waals surface area (Å²) in [4.78, 5) is 12.5. The van der Waals surface area contributed by atoms with Crippen molar-refractivity contribution in [3.8, 4) is 17.2 Å². The predicted molar refractivity (Wildman–Crippen MR) is 124 cm³/mol. The Balaban J connectivity index is 1.94. The molecule has 0 saturated carbocycles. The van der Waals surface area contributed by atoms with Gasteiger partial charge >= 0.3 is 0 Å². The van der Waals surface area contributed by atoms with Crippen LogP contribution in [-0.4, -0.2) is 26.2 Å². The maximum absolute atomic E-state index is 12.5. The van der Waals surface area contributed by atoms with Gasteiger partial charge in [0, 0.05) is 12.1 Å². The van der Waals surface area contributed by atoms with E-state index in [1.54, 1.807) is 19.2 Å². The van der Waals surface area contributed by atoms with Crippen molar-refractivity contribution in [3.63, 3.8) is 0 Å². The highest BCUT2D eigenvalue weighted by molar-refractivity contribution is 9.10. The van der Waals surface area contributed by atoms with Crippen LogP contribution in [0.15, 0.2) is 40.9 Å². The second kappa shape index (κ2) is 12.5. The average Bonchev–Trinajstić information content (AvgIpc) is 2.73. The molecule has 0 atom stereocenters. The second-order valence-corrected chi connectivity index (χ2v) is 8.40. The van der Waals surface area contributed by atoms with Crippen LogP contribution < -0.4 is 19.5 Å². The Hall–Kier alpha value is -2.21. The molecule has 0 aliphatic carbocycles. The molecule has 0 radical (unpaired) electrons. The first-order valence-electron chi connectivity index (χ1n) is 10.4. The lowest BCUT2D eigenvalue weighted by Gasteiger charge is -2.14. The fraction of sp³-hybridized carbons (Fsp3) is 0.458. The molecule has 5 nitrogen and oxygen atoms in total. The number of ether oxygens (including phenoxy) is 3. The van der Waals surface area contributed by atoms with Crippen molar-refractivity contribution in [3.05, 3.63) is 52.0 Å². The highest BCUT2D eigenvalue weighted by atomic mass is 79.9. The Morgan fingerprint density at radius 2 is 1.77 bits per heavy atom. The van der Waals surface area contributed by atoms with Gasteiger partial charge in [-0.25, -0.2) is 0 Å². The molecule has 0 bridgehead atoms. The van der Waals surface area contributed by atoms with Crippen LogP contribution in [0.1, 0.15) is 56.0 Å². The SMILES string of the molecule is CCCCOc1ccc(C(=O)NCc2ccc(OCCC(C)C)c(OC)c2)cc1Br. The van der Waals surface area contributed by atoms with Crippen molar-refractivity contribution < 1.29 is 19.0 Å². The summed E-state index contributed by atoms with van der Waals surface area (Å²) in [6.45, 7) is 8.16. The Morgan fingerprint density at radius 1 is 1.03 bits per heavy atom. The van der Waals surface area contributed by atoms with Crippen LogP contribution in [0.3, 0.4) is 0 Å². The summed E-state index contributed by atoms with van der Waals surface area (Å²) in [6.07, 6.45) is 3.06. The largest absolute Gasteiger partial charge is 0.493 e. The molecule has 0 aliphatic rings. The maximum atomic E-state index is 12.5. The number of nitrogens with one attached hydrogen (secondary N) is 1. The van der Waals surface area contributed by atoms with Crippen LogP contribution in [0.2, 0.25) is 0 Å². The van der Waals surface area contributed by atoms with Crippen molar-refractivity contribution >= 4 is 21.8 Å². The first kappa shape index (κ1) is 24.1. The smallest absolute Gasteiger partial charge is 0.251 e. The summed E-state index contributed by atoms with van der Waals surface area (Å²) >= 11 is 3.48. The number of methoxy groups -OCH3 is 1. The van der Waals surface area contributed by atoms with Crippen molar-refractivity contribution in [1.29, 1.82) is 0 Å². The normalized spacial score (nSPS) is 10.7. The summed E-state index contributed by atoms with van der Waals surface area (Å²) in [5.74, 6) is 2.57. The summed E-state index contributed by atoms with van der Waals surface area (Å²) < 4.78 is 17.8. The van der Waals surface area contributed by atoms with Gasteiger partial charge < -0.3 is 19.5 Å². The van der Waals surface area contributed by atoms with E-state index in [0.717, 1.165) is 40.8 Å². The van der Waals surface area contributed by atoms with Gasteiger partial charge in [-0.2, -0.15) is 0 Å². The fourth-order valence-corrected chi connectivity index (χ4v) is 3.21. The van der Waals surface area contributed by atoms with Gasteiger partial charge in [-0.3, -0.25) is 4.79 Å². The van der Waals surface area contributed by atoms with Gasteiger partial charge in [0.2, 0.25) is 0 Å². The van der Waals surface area contributed by atoms with E-state index in [0.29, 0.717) is 37.0 Å². The van der Waals surface area contributed by atoms with Crippen molar-refractivity contribution in [2.24, 2.45) is 5.92 Å². The summed E-state index contributed by atoms with van der Waals surface area (Å²) in [5.41, 5.74) is 1.51. The summed E-state index contributed by atoms with van der Waals surface area (Å²) in [5, 5.41) is 2.95. The molecule has 2 aromatic carbocycles. The zero-order valence-electron chi connectivity index (χ0n) is 18.3. The van der Waals surface area contributed by atoms with E-state index in [4.69, 9.17) is 14.2 Å². The molecule has 6 heteroatoms. The molecular formula is C24H32BrNO4. The molecule has 2 rings (SSSR count). The quantitative estimate of drug-likeness (QED) is 0.381. The van der Waals surface area contributed by atoms with E-state index in [1.165, 1.54) is 0 Å². The Bertz CT molecular complexity index is 823. The molecule has 1 N–H and O–H groups in total. The van der Waals surface area contributed by atoms with Gasteiger partial charge in [0.25, 0.3) is 5.91 Å². The van der Waals surface area contributed by atoms with Crippen LogP contribution >= 0.6 is 15.9 Å². The molecule has 0 unspecified atom stereocenters. The standard InChI is InChI=1S/C24H32BrNO4/c1-5-6-12-29-21-10-8-19(15-20(21)25)24(27)26-16-18-7-9-22(23(14-18)28-4)30-13-11-17(2)3/h7-10,14-15,17H,5-6,11-13,16H2,1-4H3,(H,26,27). The number of hydrogen-bond donors (Lipinski definition) is 1. The van der Waals surface area contributed by atoms with Gasteiger partial charge in [0.05, 0.1) is 24.8 Å². The number of hydrogen-bond acceptors (Lipinski definition) is 4. The molecule has 0 fully saturated rings. The minimum absolute atomic E-state index is 0.146. The molecule has 0 saturated heterocycles. The molecule has 0 aromatic heterocycles. The highest BCUT2D eigenvalue weighted by Gasteiger charge is 2.11. The summed E-state index contributed by atoms with van der Waals surface area (Å²) in [7, 11) is 1.62. The molecule has 2 aromatic rings. The van der Waals surface area contributed by atoms with E-state index >= 15 is 0 Å². The van der Waals surface area contributed by atoms with E-state index in [-0.39, 0.29) is 5.91 Å². The lowest BCUT2D eigenvalue weighted by Crippen LogP contribution is -2.22.